The molecule has 0 aliphatic carbocycles. The summed E-state index contributed by atoms with van der Waals surface area (Å²) < 4.78 is 3.28. The first-order valence-corrected chi connectivity index (χ1v) is 8.26. The SMILES string of the molecule is CCn1c(=O)n(CC(=O)NC2CCN(C)CC2)c2ccccc21. The molecule has 1 aliphatic heterocycles. The predicted octanol–water partition coefficient (Wildman–Crippen LogP) is 1.03. The van der Waals surface area contributed by atoms with Crippen molar-refractivity contribution in [1.29, 1.82) is 0 Å². The van der Waals surface area contributed by atoms with E-state index in [9.17, 15) is 9.59 Å². The first-order valence-electron chi connectivity index (χ1n) is 8.26. The maximum atomic E-state index is 12.5. The largest absolute Gasteiger partial charge is 0.352 e. The van der Waals surface area contributed by atoms with Gasteiger partial charge in [-0.15, -0.1) is 0 Å². The lowest BCUT2D eigenvalue weighted by atomic mass is 10.1. The van der Waals surface area contributed by atoms with E-state index in [-0.39, 0.29) is 24.2 Å². The summed E-state index contributed by atoms with van der Waals surface area (Å²) in [7, 11) is 2.09. The van der Waals surface area contributed by atoms with E-state index in [1.165, 1.54) is 0 Å². The minimum Gasteiger partial charge on any atom is -0.352 e. The summed E-state index contributed by atoms with van der Waals surface area (Å²) in [6.45, 7) is 4.62. The number of piperidine rings is 1. The van der Waals surface area contributed by atoms with E-state index in [4.69, 9.17) is 0 Å². The molecule has 0 saturated carbocycles. The zero-order valence-corrected chi connectivity index (χ0v) is 13.8. The highest BCUT2D eigenvalue weighted by Crippen LogP contribution is 2.13. The molecule has 1 aromatic heterocycles. The van der Waals surface area contributed by atoms with Gasteiger partial charge in [0.2, 0.25) is 5.91 Å². The van der Waals surface area contributed by atoms with Gasteiger partial charge in [-0.2, -0.15) is 0 Å². The number of likely N-dealkylation sites (tertiary alicyclic amines) is 1. The van der Waals surface area contributed by atoms with Crippen molar-refractivity contribution < 1.29 is 4.79 Å². The third kappa shape index (κ3) is 3.17. The Labute approximate surface area is 135 Å². The zero-order valence-electron chi connectivity index (χ0n) is 13.8. The molecule has 6 nitrogen and oxygen atoms in total. The molecule has 0 unspecified atom stereocenters. The lowest BCUT2D eigenvalue weighted by Gasteiger charge is -2.29. The predicted molar refractivity (Wildman–Crippen MR) is 90.5 cm³/mol. The highest BCUT2D eigenvalue weighted by Gasteiger charge is 2.20. The fraction of sp³-hybridized carbons (Fsp3) is 0.529. The number of nitrogens with one attached hydrogen (secondary N) is 1. The second-order valence-corrected chi connectivity index (χ2v) is 6.25. The van der Waals surface area contributed by atoms with Gasteiger partial charge in [0.1, 0.15) is 6.54 Å². The second kappa shape index (κ2) is 6.58. The van der Waals surface area contributed by atoms with Gasteiger partial charge in [0.15, 0.2) is 0 Å². The van der Waals surface area contributed by atoms with Crippen LogP contribution >= 0.6 is 0 Å². The van der Waals surface area contributed by atoms with Crippen LogP contribution in [-0.4, -0.2) is 46.1 Å². The van der Waals surface area contributed by atoms with Crippen molar-refractivity contribution in [3.8, 4) is 0 Å². The Kier molecular flexibility index (Phi) is 4.52. The van der Waals surface area contributed by atoms with Crippen LogP contribution in [0, 0.1) is 0 Å². The summed E-state index contributed by atoms with van der Waals surface area (Å²) >= 11 is 0. The molecule has 3 rings (SSSR count). The number of carbonyl (C=O) groups excluding carboxylic acids is 1. The number of carbonyl (C=O) groups is 1. The van der Waals surface area contributed by atoms with Gasteiger partial charge in [0.25, 0.3) is 0 Å². The molecule has 0 atom stereocenters. The van der Waals surface area contributed by atoms with Crippen LogP contribution in [0.3, 0.4) is 0 Å². The van der Waals surface area contributed by atoms with Crippen LogP contribution in [0.5, 0.6) is 0 Å². The molecule has 2 aromatic rings. The first kappa shape index (κ1) is 15.8. The smallest absolute Gasteiger partial charge is 0.329 e. The molecule has 1 aromatic carbocycles. The van der Waals surface area contributed by atoms with Crippen LogP contribution in [0.1, 0.15) is 19.8 Å². The van der Waals surface area contributed by atoms with E-state index in [0.29, 0.717) is 6.54 Å². The molecule has 124 valence electrons. The molecule has 23 heavy (non-hydrogen) atoms. The Bertz CT molecular complexity index is 754. The van der Waals surface area contributed by atoms with Crippen LogP contribution in [-0.2, 0) is 17.9 Å². The highest BCUT2D eigenvalue weighted by molar-refractivity contribution is 5.81. The van der Waals surface area contributed by atoms with E-state index in [1.54, 1.807) is 9.13 Å². The number of para-hydroxylation sites is 2. The second-order valence-electron chi connectivity index (χ2n) is 6.25. The Balaban J connectivity index is 1.77. The Morgan fingerprint density at radius 1 is 1.17 bits per heavy atom. The van der Waals surface area contributed by atoms with Gasteiger partial charge in [0, 0.05) is 12.6 Å². The standard InChI is InChI=1S/C17H24N4O2/c1-3-20-14-6-4-5-7-15(14)21(17(20)23)12-16(22)18-13-8-10-19(2)11-9-13/h4-7,13H,3,8-12H2,1-2H3,(H,18,22). The quantitative estimate of drug-likeness (QED) is 0.917. The minimum atomic E-state index is -0.118. The topological polar surface area (TPSA) is 59.3 Å². The molecule has 1 N–H and O–H groups in total. The number of amides is 1. The Morgan fingerprint density at radius 2 is 1.78 bits per heavy atom. The molecule has 0 spiro atoms. The van der Waals surface area contributed by atoms with Gasteiger partial charge in [-0.05, 0) is 52.0 Å². The van der Waals surface area contributed by atoms with E-state index in [2.05, 4.69) is 17.3 Å². The normalized spacial score (nSPS) is 16.8. The molecular weight excluding hydrogens is 292 g/mol. The van der Waals surface area contributed by atoms with Gasteiger partial charge >= 0.3 is 5.69 Å². The van der Waals surface area contributed by atoms with Crippen molar-refractivity contribution in [2.75, 3.05) is 20.1 Å². The molecule has 0 radical (unpaired) electrons. The van der Waals surface area contributed by atoms with Gasteiger partial charge in [-0.3, -0.25) is 13.9 Å². The number of nitrogens with zero attached hydrogens (tertiary/aromatic N) is 3. The average molecular weight is 316 g/mol. The monoisotopic (exact) mass is 316 g/mol. The van der Waals surface area contributed by atoms with Crippen molar-refractivity contribution in [2.24, 2.45) is 0 Å². The first-order chi connectivity index (χ1) is 11.1. The van der Waals surface area contributed by atoms with E-state index in [0.717, 1.165) is 37.0 Å². The maximum Gasteiger partial charge on any atom is 0.329 e. The third-order valence-corrected chi connectivity index (χ3v) is 4.63. The van der Waals surface area contributed by atoms with Gasteiger partial charge in [-0.1, -0.05) is 12.1 Å². The minimum absolute atomic E-state index is 0.0820. The number of benzene rings is 1. The molecule has 1 saturated heterocycles. The molecule has 1 fully saturated rings. The van der Waals surface area contributed by atoms with Gasteiger partial charge in [-0.25, -0.2) is 4.79 Å². The van der Waals surface area contributed by atoms with Crippen LogP contribution in [0.25, 0.3) is 11.0 Å². The third-order valence-electron chi connectivity index (χ3n) is 4.63. The molecule has 1 amide bonds. The van der Waals surface area contributed by atoms with E-state index < -0.39 is 0 Å². The number of rotatable bonds is 4. The molecule has 6 heteroatoms. The number of aromatic nitrogens is 2. The number of hydrogen-bond acceptors (Lipinski definition) is 3. The summed E-state index contributed by atoms with van der Waals surface area (Å²) in [5.74, 6) is -0.0827. The molecule has 1 aliphatic rings. The summed E-state index contributed by atoms with van der Waals surface area (Å²) in [4.78, 5) is 27.2. The van der Waals surface area contributed by atoms with E-state index >= 15 is 0 Å². The van der Waals surface area contributed by atoms with E-state index in [1.807, 2.05) is 31.2 Å². The number of aryl methyl sites for hydroxylation is 1. The average Bonchev–Trinajstić information content (AvgIpc) is 2.81. The number of imidazole rings is 1. The molecule has 2 heterocycles. The summed E-state index contributed by atoms with van der Waals surface area (Å²) in [5, 5.41) is 3.07. The fourth-order valence-electron chi connectivity index (χ4n) is 3.30. The maximum absolute atomic E-state index is 12.5. The van der Waals surface area contributed by atoms with Crippen molar-refractivity contribution in [1.82, 2.24) is 19.4 Å². The highest BCUT2D eigenvalue weighted by atomic mass is 16.2. The lowest BCUT2D eigenvalue weighted by Crippen LogP contribution is -2.45. The summed E-state index contributed by atoms with van der Waals surface area (Å²) in [6.07, 6.45) is 1.93. The Morgan fingerprint density at radius 3 is 2.39 bits per heavy atom. The molecular formula is C17H24N4O2. The molecule has 0 bridgehead atoms. The van der Waals surface area contributed by atoms with Crippen LogP contribution < -0.4 is 11.0 Å². The zero-order chi connectivity index (χ0) is 16.4. The van der Waals surface area contributed by atoms with Crippen molar-refractivity contribution in [3.63, 3.8) is 0 Å². The Hall–Kier alpha value is -2.08. The number of fused-ring (bicyclic) bond motifs is 1. The van der Waals surface area contributed by atoms with Crippen molar-refractivity contribution in [2.45, 2.75) is 38.9 Å². The lowest BCUT2D eigenvalue weighted by molar-refractivity contribution is -0.122. The van der Waals surface area contributed by atoms with Crippen molar-refractivity contribution >= 4 is 16.9 Å². The van der Waals surface area contributed by atoms with Crippen molar-refractivity contribution in [3.05, 3.63) is 34.7 Å². The summed E-state index contributed by atoms with van der Waals surface area (Å²) in [6, 6.07) is 7.84. The van der Waals surface area contributed by atoms with Crippen LogP contribution in [0.2, 0.25) is 0 Å². The number of hydrogen-bond donors (Lipinski definition) is 1. The van der Waals surface area contributed by atoms with Gasteiger partial charge in [0.05, 0.1) is 11.0 Å². The van der Waals surface area contributed by atoms with Crippen LogP contribution in [0.15, 0.2) is 29.1 Å². The van der Waals surface area contributed by atoms with Crippen LogP contribution in [0.4, 0.5) is 0 Å². The van der Waals surface area contributed by atoms with Gasteiger partial charge < -0.3 is 10.2 Å². The fourth-order valence-corrected chi connectivity index (χ4v) is 3.30. The summed E-state index contributed by atoms with van der Waals surface area (Å²) in [5.41, 5.74) is 1.58.